The number of aliphatic hydroxyl groups excluding tert-OH is 1. The molecule has 5 heteroatoms. The predicted octanol–water partition coefficient (Wildman–Crippen LogP) is -1.30. The Bertz CT molecular complexity index is 323. The summed E-state index contributed by atoms with van der Waals surface area (Å²) in [5.74, 6) is 6.70. The molecule has 1 N–H and O–H groups in total. The minimum Gasteiger partial charge on any atom is -0.459 e. The zero-order chi connectivity index (χ0) is 10.8. The summed E-state index contributed by atoms with van der Waals surface area (Å²) in [4.78, 5) is 21.1. The van der Waals surface area contributed by atoms with Crippen molar-refractivity contribution in [3.05, 3.63) is 0 Å². The first kappa shape index (κ1) is 12.0. The van der Waals surface area contributed by atoms with Gasteiger partial charge in [-0.2, -0.15) is 0 Å². The molecule has 0 unspecified atom stereocenters. The van der Waals surface area contributed by atoms with Crippen molar-refractivity contribution in [2.24, 2.45) is 0 Å². The summed E-state index contributed by atoms with van der Waals surface area (Å²) in [5, 5.41) is 8.24. The first-order chi connectivity index (χ1) is 6.70. The number of carbonyl (C=O) groups is 2. The number of methoxy groups -OCH3 is 1. The average molecular weight is 196 g/mol. The van der Waals surface area contributed by atoms with E-state index in [4.69, 9.17) is 5.11 Å². The van der Waals surface area contributed by atoms with E-state index in [9.17, 15) is 9.59 Å². The maximum Gasteiger partial charge on any atom is 0.385 e. The third kappa shape index (κ3) is 6.71. The highest BCUT2D eigenvalue weighted by atomic mass is 16.5. The summed E-state index contributed by atoms with van der Waals surface area (Å²) in [6, 6.07) is 0. The van der Waals surface area contributed by atoms with E-state index in [2.05, 4.69) is 21.3 Å². The van der Waals surface area contributed by atoms with E-state index in [0.717, 1.165) is 7.11 Å². The minimum absolute atomic E-state index is 0.171. The Labute approximate surface area is 81.0 Å². The number of hydrogen-bond donors (Lipinski definition) is 1. The molecule has 0 saturated heterocycles. The number of rotatable bonds is 1. The zero-order valence-electron chi connectivity index (χ0n) is 7.49. The highest BCUT2D eigenvalue weighted by Gasteiger charge is 1.96. The van der Waals surface area contributed by atoms with Crippen LogP contribution in [0.5, 0.6) is 0 Å². The van der Waals surface area contributed by atoms with E-state index < -0.39 is 11.9 Å². The Morgan fingerprint density at radius 2 is 1.86 bits per heavy atom. The van der Waals surface area contributed by atoms with Gasteiger partial charge in [0, 0.05) is 11.8 Å². The van der Waals surface area contributed by atoms with Crippen LogP contribution in [0.15, 0.2) is 0 Å². The van der Waals surface area contributed by atoms with Crippen LogP contribution < -0.4 is 0 Å². The fourth-order valence-electron chi connectivity index (χ4n) is 0.398. The molecule has 0 amide bonds. The van der Waals surface area contributed by atoms with Gasteiger partial charge in [0.1, 0.15) is 6.61 Å². The van der Waals surface area contributed by atoms with Crippen molar-refractivity contribution in [1.29, 1.82) is 0 Å². The van der Waals surface area contributed by atoms with Gasteiger partial charge in [0.2, 0.25) is 0 Å². The molecule has 0 rings (SSSR count). The molecule has 5 nitrogen and oxygen atoms in total. The van der Waals surface area contributed by atoms with Gasteiger partial charge in [-0.05, 0) is 0 Å². The first-order valence-corrected chi connectivity index (χ1v) is 3.54. The van der Waals surface area contributed by atoms with Crippen LogP contribution in [-0.2, 0) is 19.1 Å². The second kappa shape index (κ2) is 7.66. The summed E-state index contributed by atoms with van der Waals surface area (Å²) >= 11 is 0. The summed E-state index contributed by atoms with van der Waals surface area (Å²) in [6.45, 7) is -0.472. The molecule has 0 fully saturated rings. The van der Waals surface area contributed by atoms with Crippen molar-refractivity contribution in [2.75, 3.05) is 20.3 Å². The second-order valence-corrected chi connectivity index (χ2v) is 1.83. The van der Waals surface area contributed by atoms with E-state index in [0.29, 0.717) is 0 Å². The molecular formula is C9H8O5. The van der Waals surface area contributed by atoms with Crippen molar-refractivity contribution in [2.45, 2.75) is 0 Å². The van der Waals surface area contributed by atoms with E-state index in [-0.39, 0.29) is 13.2 Å². The van der Waals surface area contributed by atoms with Crippen LogP contribution in [0, 0.1) is 23.7 Å². The Morgan fingerprint density at radius 3 is 2.43 bits per heavy atom. The molecule has 0 bridgehead atoms. The van der Waals surface area contributed by atoms with Crippen LogP contribution in [0.3, 0.4) is 0 Å². The van der Waals surface area contributed by atoms with Gasteiger partial charge < -0.3 is 14.6 Å². The second-order valence-electron chi connectivity index (χ2n) is 1.83. The van der Waals surface area contributed by atoms with Crippen LogP contribution in [0.2, 0.25) is 0 Å². The maximum absolute atomic E-state index is 10.7. The molecule has 0 aliphatic carbocycles. The smallest absolute Gasteiger partial charge is 0.385 e. The molecule has 0 atom stereocenters. The SMILES string of the molecule is COC(=O)C#CC(=O)OCC#CCO. The molecule has 0 aliphatic heterocycles. The van der Waals surface area contributed by atoms with Gasteiger partial charge in [-0.15, -0.1) is 0 Å². The van der Waals surface area contributed by atoms with E-state index in [1.165, 1.54) is 0 Å². The average Bonchev–Trinajstić information content (AvgIpc) is 2.21. The number of ether oxygens (including phenoxy) is 2. The zero-order valence-corrected chi connectivity index (χ0v) is 7.49. The number of carbonyl (C=O) groups excluding carboxylic acids is 2. The quantitative estimate of drug-likeness (QED) is 0.320. The lowest BCUT2D eigenvalue weighted by molar-refractivity contribution is -0.136. The fraction of sp³-hybridized carbons (Fsp3) is 0.333. The molecule has 0 aromatic heterocycles. The first-order valence-electron chi connectivity index (χ1n) is 3.54. The molecule has 0 heterocycles. The van der Waals surface area contributed by atoms with Crippen LogP contribution in [0.4, 0.5) is 0 Å². The van der Waals surface area contributed by atoms with E-state index in [1.54, 1.807) is 0 Å². The Balaban J connectivity index is 3.85. The summed E-state index contributed by atoms with van der Waals surface area (Å²) in [6.07, 6.45) is 0. The molecule has 0 aromatic rings. The minimum atomic E-state index is -0.873. The lowest BCUT2D eigenvalue weighted by atomic mass is 10.5. The molecule has 74 valence electrons. The van der Waals surface area contributed by atoms with Crippen LogP contribution in [-0.4, -0.2) is 37.4 Å². The lowest BCUT2D eigenvalue weighted by Crippen LogP contribution is -2.03. The number of hydrogen-bond acceptors (Lipinski definition) is 5. The van der Waals surface area contributed by atoms with Gasteiger partial charge in [0.05, 0.1) is 7.11 Å². The van der Waals surface area contributed by atoms with Gasteiger partial charge in [0.15, 0.2) is 6.61 Å². The van der Waals surface area contributed by atoms with Crippen LogP contribution in [0.25, 0.3) is 0 Å². The largest absolute Gasteiger partial charge is 0.459 e. The van der Waals surface area contributed by atoms with Gasteiger partial charge in [-0.1, -0.05) is 11.8 Å². The van der Waals surface area contributed by atoms with E-state index in [1.807, 2.05) is 11.8 Å². The normalized spacial score (nSPS) is 7.29. The van der Waals surface area contributed by atoms with Crippen molar-refractivity contribution in [3.63, 3.8) is 0 Å². The lowest BCUT2D eigenvalue weighted by Gasteiger charge is -1.90. The van der Waals surface area contributed by atoms with Crippen LogP contribution >= 0.6 is 0 Å². The highest BCUT2D eigenvalue weighted by Crippen LogP contribution is 1.75. The molecule has 0 aliphatic rings. The molecule has 0 spiro atoms. The number of aliphatic hydroxyl groups is 1. The molecule has 0 aromatic carbocycles. The highest BCUT2D eigenvalue weighted by molar-refractivity contribution is 5.98. The van der Waals surface area contributed by atoms with Crippen molar-refractivity contribution >= 4 is 11.9 Å². The summed E-state index contributed by atoms with van der Waals surface area (Å²) in [5.41, 5.74) is 0. The molecule has 0 saturated carbocycles. The topological polar surface area (TPSA) is 72.8 Å². The Kier molecular flexibility index (Phi) is 6.57. The van der Waals surface area contributed by atoms with Crippen molar-refractivity contribution in [1.82, 2.24) is 0 Å². The third-order valence-electron chi connectivity index (χ3n) is 0.932. The van der Waals surface area contributed by atoms with E-state index >= 15 is 0 Å². The standard InChI is InChI=1S/C9H8O5/c1-13-8(11)4-5-9(12)14-7-3-2-6-10/h10H,6-7H2,1H3. The monoisotopic (exact) mass is 196 g/mol. The van der Waals surface area contributed by atoms with Gasteiger partial charge in [0.25, 0.3) is 0 Å². The van der Waals surface area contributed by atoms with Gasteiger partial charge in [-0.25, -0.2) is 9.59 Å². The molecule has 14 heavy (non-hydrogen) atoms. The maximum atomic E-state index is 10.7. The Hall–Kier alpha value is -1.98. The third-order valence-corrected chi connectivity index (χ3v) is 0.932. The van der Waals surface area contributed by atoms with Gasteiger partial charge >= 0.3 is 11.9 Å². The van der Waals surface area contributed by atoms with Gasteiger partial charge in [-0.3, -0.25) is 0 Å². The summed E-state index contributed by atoms with van der Waals surface area (Å²) < 4.78 is 8.60. The van der Waals surface area contributed by atoms with Crippen molar-refractivity contribution in [3.8, 4) is 23.7 Å². The molecule has 0 radical (unpaired) electrons. The fourth-order valence-corrected chi connectivity index (χ4v) is 0.398. The van der Waals surface area contributed by atoms with Crippen LogP contribution in [0.1, 0.15) is 0 Å². The molecular weight excluding hydrogens is 188 g/mol. The Morgan fingerprint density at radius 1 is 1.21 bits per heavy atom. The van der Waals surface area contributed by atoms with Crippen molar-refractivity contribution < 1.29 is 24.2 Å². The summed E-state index contributed by atoms with van der Waals surface area (Å²) in [7, 11) is 1.15. The number of esters is 2. The predicted molar refractivity (Wildman–Crippen MR) is 45.6 cm³/mol.